The second-order valence-corrected chi connectivity index (χ2v) is 4.70. The summed E-state index contributed by atoms with van der Waals surface area (Å²) in [6, 6.07) is 17.2. The Morgan fingerprint density at radius 3 is 2.64 bits per heavy atom. The third-order valence-electron chi connectivity index (χ3n) is 3.14. The van der Waals surface area contributed by atoms with Crippen molar-refractivity contribution in [2.24, 2.45) is 0 Å². The molecule has 0 aromatic heterocycles. The first kappa shape index (κ1) is 15.6. The third kappa shape index (κ3) is 4.09. The second-order valence-electron chi connectivity index (χ2n) is 4.70. The first-order valence-electron chi connectivity index (χ1n) is 7.05. The normalized spacial score (nSPS) is 10.9. The minimum Gasteiger partial charge on any atom is -0.497 e. The second kappa shape index (κ2) is 7.84. The van der Waals surface area contributed by atoms with Gasteiger partial charge in [-0.2, -0.15) is 0 Å². The van der Waals surface area contributed by atoms with Gasteiger partial charge in [-0.1, -0.05) is 48.5 Å². The van der Waals surface area contributed by atoms with Crippen LogP contribution in [0, 0.1) is 0 Å². The fourth-order valence-electron chi connectivity index (χ4n) is 2.06. The van der Waals surface area contributed by atoms with E-state index < -0.39 is 0 Å². The van der Waals surface area contributed by atoms with Crippen LogP contribution < -0.4 is 10.1 Å². The average Bonchev–Trinajstić information content (AvgIpc) is 2.58. The quantitative estimate of drug-likeness (QED) is 0.502. The number of ether oxygens (including phenoxy) is 1. The van der Waals surface area contributed by atoms with Crippen LogP contribution in [0.5, 0.6) is 5.75 Å². The average molecular weight is 293 g/mol. The number of hydrogen-bond donors (Lipinski definition) is 1. The van der Waals surface area contributed by atoms with Crippen LogP contribution in [0.25, 0.3) is 11.6 Å². The largest absolute Gasteiger partial charge is 0.497 e. The lowest BCUT2D eigenvalue weighted by Gasteiger charge is -2.09. The zero-order valence-electron chi connectivity index (χ0n) is 12.6. The van der Waals surface area contributed by atoms with E-state index in [-0.39, 0.29) is 5.91 Å². The number of benzene rings is 2. The van der Waals surface area contributed by atoms with Crippen LogP contribution in [0.15, 0.2) is 67.3 Å². The van der Waals surface area contributed by atoms with E-state index in [0.29, 0.717) is 12.1 Å². The Morgan fingerprint density at radius 2 is 1.95 bits per heavy atom. The van der Waals surface area contributed by atoms with Gasteiger partial charge in [0, 0.05) is 12.1 Å². The molecule has 112 valence electrons. The van der Waals surface area contributed by atoms with Gasteiger partial charge in [0.2, 0.25) is 0 Å². The summed E-state index contributed by atoms with van der Waals surface area (Å²) in [5.41, 5.74) is 2.38. The Balaban J connectivity index is 2.40. The molecular formula is C19H19NO2. The predicted molar refractivity (Wildman–Crippen MR) is 90.5 cm³/mol. The monoisotopic (exact) mass is 293 g/mol. The summed E-state index contributed by atoms with van der Waals surface area (Å²) in [5, 5.41) is 2.82. The molecule has 22 heavy (non-hydrogen) atoms. The number of rotatable bonds is 6. The number of amides is 1. The van der Waals surface area contributed by atoms with Crippen LogP contribution in [-0.4, -0.2) is 19.6 Å². The molecule has 0 fully saturated rings. The van der Waals surface area contributed by atoms with Gasteiger partial charge in [0.05, 0.1) is 7.11 Å². The van der Waals surface area contributed by atoms with Crippen molar-refractivity contribution in [1.29, 1.82) is 0 Å². The van der Waals surface area contributed by atoms with Crippen LogP contribution >= 0.6 is 0 Å². The zero-order chi connectivity index (χ0) is 15.8. The summed E-state index contributed by atoms with van der Waals surface area (Å²) in [6.07, 6.45) is 3.52. The maximum absolute atomic E-state index is 12.4. The van der Waals surface area contributed by atoms with Crippen molar-refractivity contribution in [1.82, 2.24) is 5.32 Å². The number of methoxy groups -OCH3 is 1. The molecule has 0 aliphatic heterocycles. The van der Waals surface area contributed by atoms with Crippen LogP contribution in [0.2, 0.25) is 0 Å². The van der Waals surface area contributed by atoms with Crippen LogP contribution in [-0.2, 0) is 4.79 Å². The van der Waals surface area contributed by atoms with E-state index in [1.54, 1.807) is 13.2 Å². The summed E-state index contributed by atoms with van der Waals surface area (Å²) >= 11 is 0. The van der Waals surface area contributed by atoms with E-state index in [2.05, 4.69) is 11.9 Å². The van der Waals surface area contributed by atoms with Gasteiger partial charge in [0.1, 0.15) is 5.75 Å². The minimum atomic E-state index is -0.131. The van der Waals surface area contributed by atoms with E-state index >= 15 is 0 Å². The highest BCUT2D eigenvalue weighted by molar-refractivity contribution is 6.24. The molecule has 0 saturated heterocycles. The maximum atomic E-state index is 12.4. The fraction of sp³-hybridized carbons (Fsp3) is 0.105. The molecule has 0 atom stereocenters. The number of carbonyl (C=O) groups excluding carboxylic acids is 1. The Labute approximate surface area is 130 Å². The highest BCUT2D eigenvalue weighted by Gasteiger charge is 2.11. The van der Waals surface area contributed by atoms with Gasteiger partial charge in [-0.25, -0.2) is 0 Å². The molecule has 3 heteroatoms. The van der Waals surface area contributed by atoms with Gasteiger partial charge < -0.3 is 10.1 Å². The number of hydrogen-bond acceptors (Lipinski definition) is 2. The summed E-state index contributed by atoms with van der Waals surface area (Å²) in [7, 11) is 1.62. The molecule has 0 bridgehead atoms. The predicted octanol–water partition coefficient (Wildman–Crippen LogP) is 3.54. The molecule has 0 saturated carbocycles. The van der Waals surface area contributed by atoms with Crippen molar-refractivity contribution in [3.8, 4) is 5.75 Å². The van der Waals surface area contributed by atoms with Gasteiger partial charge in [-0.15, -0.1) is 6.58 Å². The maximum Gasteiger partial charge on any atom is 0.252 e. The molecule has 0 unspecified atom stereocenters. The molecule has 0 spiro atoms. The van der Waals surface area contributed by atoms with E-state index in [9.17, 15) is 4.79 Å². The van der Waals surface area contributed by atoms with E-state index in [1.807, 2.05) is 60.7 Å². The number of nitrogens with one attached hydrogen (secondary N) is 1. The summed E-state index contributed by atoms with van der Waals surface area (Å²) in [6.45, 7) is 4.05. The molecule has 2 rings (SSSR count). The summed E-state index contributed by atoms with van der Waals surface area (Å²) < 4.78 is 5.22. The molecule has 1 N–H and O–H groups in total. The van der Waals surface area contributed by atoms with Gasteiger partial charge >= 0.3 is 0 Å². The third-order valence-corrected chi connectivity index (χ3v) is 3.14. The van der Waals surface area contributed by atoms with Crippen molar-refractivity contribution < 1.29 is 9.53 Å². The Kier molecular flexibility index (Phi) is 5.55. The summed E-state index contributed by atoms with van der Waals surface area (Å²) in [5.74, 6) is 0.626. The van der Waals surface area contributed by atoms with Gasteiger partial charge in [0.25, 0.3) is 5.91 Å². The highest BCUT2D eigenvalue weighted by atomic mass is 16.5. The lowest BCUT2D eigenvalue weighted by molar-refractivity contribution is -0.115. The lowest BCUT2D eigenvalue weighted by atomic mass is 10.0. The standard InChI is InChI=1S/C19H19NO2/c1-3-12-20-19(21)18(16-9-5-4-6-10-16)14-15-8-7-11-17(13-15)22-2/h3-11,13-14H,1,12H2,2H3,(H,20,21)/b18-14+. The lowest BCUT2D eigenvalue weighted by Crippen LogP contribution is -2.24. The molecule has 0 radical (unpaired) electrons. The van der Waals surface area contributed by atoms with Crippen LogP contribution in [0.4, 0.5) is 0 Å². The van der Waals surface area contributed by atoms with E-state index in [4.69, 9.17) is 4.74 Å². The van der Waals surface area contributed by atoms with Gasteiger partial charge in [-0.3, -0.25) is 4.79 Å². The van der Waals surface area contributed by atoms with Crippen LogP contribution in [0.1, 0.15) is 11.1 Å². The Hall–Kier alpha value is -2.81. The molecule has 1 amide bonds. The van der Waals surface area contributed by atoms with Crippen molar-refractivity contribution in [2.45, 2.75) is 0 Å². The molecule has 0 aliphatic rings. The molecule has 3 nitrogen and oxygen atoms in total. The van der Waals surface area contributed by atoms with Crippen molar-refractivity contribution in [2.75, 3.05) is 13.7 Å². The molecule has 0 heterocycles. The van der Waals surface area contributed by atoms with Crippen molar-refractivity contribution >= 4 is 17.6 Å². The molecule has 0 aliphatic carbocycles. The molecular weight excluding hydrogens is 274 g/mol. The van der Waals surface area contributed by atoms with Crippen LogP contribution in [0.3, 0.4) is 0 Å². The summed E-state index contributed by atoms with van der Waals surface area (Å²) in [4.78, 5) is 12.4. The van der Waals surface area contributed by atoms with Crippen molar-refractivity contribution in [3.05, 3.63) is 78.4 Å². The van der Waals surface area contributed by atoms with E-state index in [1.165, 1.54) is 0 Å². The SMILES string of the molecule is C=CCNC(=O)/C(=C/c1cccc(OC)c1)c1ccccc1. The van der Waals surface area contributed by atoms with E-state index in [0.717, 1.165) is 16.9 Å². The Morgan fingerprint density at radius 1 is 1.18 bits per heavy atom. The first-order valence-corrected chi connectivity index (χ1v) is 7.05. The smallest absolute Gasteiger partial charge is 0.252 e. The zero-order valence-corrected chi connectivity index (χ0v) is 12.6. The molecule has 2 aromatic rings. The highest BCUT2D eigenvalue weighted by Crippen LogP contribution is 2.21. The fourth-order valence-corrected chi connectivity index (χ4v) is 2.06. The van der Waals surface area contributed by atoms with Gasteiger partial charge in [-0.05, 0) is 29.3 Å². The topological polar surface area (TPSA) is 38.3 Å². The molecule has 2 aromatic carbocycles. The first-order chi connectivity index (χ1) is 10.7. The number of carbonyl (C=O) groups is 1. The van der Waals surface area contributed by atoms with Gasteiger partial charge in [0.15, 0.2) is 0 Å². The Bertz CT molecular complexity index is 675. The van der Waals surface area contributed by atoms with Crippen molar-refractivity contribution in [3.63, 3.8) is 0 Å². The minimum absolute atomic E-state index is 0.131.